The number of aromatic nitrogens is 2. The molecule has 1 saturated carbocycles. The molecule has 1 aromatic heterocycles. The molecule has 27 heavy (non-hydrogen) atoms. The van der Waals surface area contributed by atoms with Crippen molar-refractivity contribution >= 4 is 11.9 Å². The molecule has 1 aliphatic carbocycles. The van der Waals surface area contributed by atoms with E-state index in [0.717, 1.165) is 49.3 Å². The van der Waals surface area contributed by atoms with Crippen LogP contribution in [-0.4, -0.2) is 35.0 Å². The van der Waals surface area contributed by atoms with E-state index in [1.165, 1.54) is 19.3 Å². The van der Waals surface area contributed by atoms with Crippen molar-refractivity contribution in [2.45, 2.75) is 51.0 Å². The van der Waals surface area contributed by atoms with Crippen molar-refractivity contribution < 1.29 is 4.79 Å². The summed E-state index contributed by atoms with van der Waals surface area (Å²) >= 11 is 0. The predicted molar refractivity (Wildman–Crippen MR) is 107 cm³/mol. The molecule has 1 saturated heterocycles. The van der Waals surface area contributed by atoms with Gasteiger partial charge in [-0.3, -0.25) is 4.79 Å². The Morgan fingerprint density at radius 1 is 0.926 bits per heavy atom. The van der Waals surface area contributed by atoms with Gasteiger partial charge in [-0.1, -0.05) is 49.6 Å². The maximum atomic E-state index is 12.7. The lowest BCUT2D eigenvalue weighted by Gasteiger charge is -2.33. The molecule has 0 bridgehead atoms. The van der Waals surface area contributed by atoms with E-state index in [9.17, 15) is 4.79 Å². The number of piperidine rings is 1. The number of benzene rings is 1. The number of rotatable bonds is 4. The number of carbonyl (C=O) groups excluding carboxylic acids is 1. The lowest BCUT2D eigenvalue weighted by Crippen LogP contribution is -2.46. The highest BCUT2D eigenvalue weighted by Gasteiger charge is 2.28. The first-order valence-electron chi connectivity index (χ1n) is 10.2. The molecule has 2 fully saturated rings. The van der Waals surface area contributed by atoms with Gasteiger partial charge < -0.3 is 10.2 Å². The molecule has 0 spiro atoms. The Hall–Kier alpha value is -2.43. The predicted octanol–water partition coefficient (Wildman–Crippen LogP) is 3.81. The van der Waals surface area contributed by atoms with Crippen molar-refractivity contribution in [1.29, 1.82) is 0 Å². The van der Waals surface area contributed by atoms with Crippen LogP contribution in [0.5, 0.6) is 0 Å². The number of amides is 1. The first-order chi connectivity index (χ1) is 13.3. The van der Waals surface area contributed by atoms with Crippen molar-refractivity contribution in [2.75, 3.05) is 18.0 Å². The van der Waals surface area contributed by atoms with Crippen LogP contribution in [0.4, 0.5) is 5.95 Å². The summed E-state index contributed by atoms with van der Waals surface area (Å²) in [7, 11) is 0. The van der Waals surface area contributed by atoms with E-state index in [-0.39, 0.29) is 11.8 Å². The molecule has 2 aliphatic rings. The van der Waals surface area contributed by atoms with Crippen LogP contribution in [0.3, 0.4) is 0 Å². The SMILES string of the molecule is O=C(NC1CCCCC1)[C@@H]1CCCN(c2ncc(-c3ccccc3)cn2)C1. The first kappa shape index (κ1) is 18.0. The fourth-order valence-corrected chi connectivity index (χ4v) is 4.20. The smallest absolute Gasteiger partial charge is 0.225 e. The van der Waals surface area contributed by atoms with Gasteiger partial charge in [-0.2, -0.15) is 0 Å². The van der Waals surface area contributed by atoms with Gasteiger partial charge in [0.05, 0.1) is 5.92 Å². The lowest BCUT2D eigenvalue weighted by atomic mass is 9.93. The Morgan fingerprint density at radius 2 is 1.67 bits per heavy atom. The number of hydrogen-bond acceptors (Lipinski definition) is 4. The monoisotopic (exact) mass is 364 g/mol. The van der Waals surface area contributed by atoms with E-state index in [1.54, 1.807) is 0 Å². The fraction of sp³-hybridized carbons (Fsp3) is 0.500. The number of carbonyl (C=O) groups is 1. The fourth-order valence-electron chi connectivity index (χ4n) is 4.20. The largest absolute Gasteiger partial charge is 0.353 e. The maximum Gasteiger partial charge on any atom is 0.225 e. The normalized spacial score (nSPS) is 21.0. The molecule has 2 aromatic rings. The minimum atomic E-state index is 0.0399. The second-order valence-corrected chi connectivity index (χ2v) is 7.77. The van der Waals surface area contributed by atoms with Crippen LogP contribution < -0.4 is 10.2 Å². The van der Waals surface area contributed by atoms with Gasteiger partial charge in [-0.15, -0.1) is 0 Å². The van der Waals surface area contributed by atoms with Crippen LogP contribution in [0.15, 0.2) is 42.7 Å². The number of anilines is 1. The molecule has 2 heterocycles. The molecule has 5 heteroatoms. The van der Waals surface area contributed by atoms with E-state index < -0.39 is 0 Å². The van der Waals surface area contributed by atoms with Gasteiger partial charge in [0, 0.05) is 37.1 Å². The highest BCUT2D eigenvalue weighted by Crippen LogP contribution is 2.24. The number of hydrogen-bond donors (Lipinski definition) is 1. The summed E-state index contributed by atoms with van der Waals surface area (Å²) in [6.07, 6.45) is 11.8. The molecule has 1 aliphatic heterocycles. The molecule has 4 rings (SSSR count). The summed E-state index contributed by atoms with van der Waals surface area (Å²) in [6, 6.07) is 10.5. The number of nitrogens with zero attached hydrogens (tertiary/aromatic N) is 3. The number of nitrogens with one attached hydrogen (secondary N) is 1. The van der Waals surface area contributed by atoms with Crippen LogP contribution in [0, 0.1) is 5.92 Å². The first-order valence-corrected chi connectivity index (χ1v) is 10.2. The van der Waals surface area contributed by atoms with Gasteiger partial charge in [-0.05, 0) is 31.2 Å². The Bertz CT molecular complexity index is 741. The molecular weight excluding hydrogens is 336 g/mol. The quantitative estimate of drug-likeness (QED) is 0.896. The van der Waals surface area contributed by atoms with E-state index in [4.69, 9.17) is 0 Å². The lowest BCUT2D eigenvalue weighted by molar-refractivity contribution is -0.126. The van der Waals surface area contributed by atoms with Crippen LogP contribution in [0.1, 0.15) is 44.9 Å². The Balaban J connectivity index is 1.38. The molecule has 5 nitrogen and oxygen atoms in total. The minimum Gasteiger partial charge on any atom is -0.353 e. The molecule has 0 unspecified atom stereocenters. The van der Waals surface area contributed by atoms with E-state index >= 15 is 0 Å². The van der Waals surface area contributed by atoms with Gasteiger partial charge in [0.1, 0.15) is 0 Å². The standard InChI is InChI=1S/C22H28N4O/c27-21(25-20-11-5-2-6-12-20)18-10-7-13-26(16-18)22-23-14-19(15-24-22)17-8-3-1-4-9-17/h1,3-4,8-9,14-15,18,20H,2,5-7,10-13,16H2,(H,25,27)/t18-/m1/s1. The van der Waals surface area contributed by atoms with Crippen molar-refractivity contribution in [3.63, 3.8) is 0 Å². The zero-order valence-electron chi connectivity index (χ0n) is 15.8. The van der Waals surface area contributed by atoms with Crippen LogP contribution in [0.2, 0.25) is 0 Å². The summed E-state index contributed by atoms with van der Waals surface area (Å²) in [4.78, 5) is 24.0. The topological polar surface area (TPSA) is 58.1 Å². The average molecular weight is 364 g/mol. The van der Waals surface area contributed by atoms with Gasteiger partial charge in [0.15, 0.2) is 0 Å². The van der Waals surface area contributed by atoms with Crippen LogP contribution in [-0.2, 0) is 4.79 Å². The molecule has 1 N–H and O–H groups in total. The zero-order valence-corrected chi connectivity index (χ0v) is 15.8. The Labute approximate surface area is 161 Å². The van der Waals surface area contributed by atoms with Gasteiger partial charge in [0.2, 0.25) is 11.9 Å². The second-order valence-electron chi connectivity index (χ2n) is 7.77. The maximum absolute atomic E-state index is 12.7. The average Bonchev–Trinajstić information content (AvgIpc) is 2.75. The summed E-state index contributed by atoms with van der Waals surface area (Å²) in [6.45, 7) is 1.63. The molecule has 142 valence electrons. The van der Waals surface area contributed by atoms with Crippen molar-refractivity contribution in [1.82, 2.24) is 15.3 Å². The van der Waals surface area contributed by atoms with E-state index in [1.807, 2.05) is 30.6 Å². The second kappa shape index (κ2) is 8.51. The third-order valence-corrected chi connectivity index (χ3v) is 5.77. The molecule has 0 radical (unpaired) electrons. The Kier molecular flexibility index (Phi) is 5.66. The van der Waals surface area contributed by atoms with Crippen molar-refractivity contribution in [2.24, 2.45) is 5.92 Å². The molecule has 1 aromatic carbocycles. The highest BCUT2D eigenvalue weighted by molar-refractivity contribution is 5.79. The minimum absolute atomic E-state index is 0.0399. The van der Waals surface area contributed by atoms with Crippen LogP contribution in [0.25, 0.3) is 11.1 Å². The molecule has 1 amide bonds. The van der Waals surface area contributed by atoms with Gasteiger partial charge in [0.25, 0.3) is 0 Å². The zero-order chi connectivity index (χ0) is 18.5. The van der Waals surface area contributed by atoms with Gasteiger partial charge in [-0.25, -0.2) is 9.97 Å². The summed E-state index contributed by atoms with van der Waals surface area (Å²) < 4.78 is 0. The van der Waals surface area contributed by atoms with Crippen LogP contribution >= 0.6 is 0 Å². The molecular formula is C22H28N4O. The van der Waals surface area contributed by atoms with Crippen molar-refractivity contribution in [3.05, 3.63) is 42.7 Å². The third kappa shape index (κ3) is 4.46. The Morgan fingerprint density at radius 3 is 2.41 bits per heavy atom. The van der Waals surface area contributed by atoms with E-state index in [0.29, 0.717) is 12.6 Å². The van der Waals surface area contributed by atoms with Crippen molar-refractivity contribution in [3.8, 4) is 11.1 Å². The molecule has 1 atom stereocenters. The summed E-state index contributed by atoms with van der Waals surface area (Å²) in [5, 5.41) is 3.28. The summed E-state index contributed by atoms with van der Waals surface area (Å²) in [5.41, 5.74) is 2.13. The van der Waals surface area contributed by atoms with Gasteiger partial charge >= 0.3 is 0 Å². The third-order valence-electron chi connectivity index (χ3n) is 5.77. The summed E-state index contributed by atoms with van der Waals surface area (Å²) in [5.74, 6) is 0.982. The van der Waals surface area contributed by atoms with E-state index in [2.05, 4.69) is 32.3 Å². The highest BCUT2D eigenvalue weighted by atomic mass is 16.2.